The van der Waals surface area contributed by atoms with Crippen molar-refractivity contribution < 1.29 is 46.9 Å². The summed E-state index contributed by atoms with van der Waals surface area (Å²) < 4.78 is 66.6. The molecule has 0 spiro atoms. The van der Waals surface area contributed by atoms with Gasteiger partial charge in [0.2, 0.25) is 11.8 Å². The molecule has 20 heteroatoms. The van der Waals surface area contributed by atoms with Crippen LogP contribution in [0.5, 0.6) is 23.0 Å². The molecule has 2 fully saturated rings. The fourth-order valence-corrected chi connectivity index (χ4v) is 11.7. The van der Waals surface area contributed by atoms with Crippen molar-refractivity contribution in [2.45, 2.75) is 74.8 Å². The van der Waals surface area contributed by atoms with Gasteiger partial charge in [-0.05, 0) is 95.8 Å². The summed E-state index contributed by atoms with van der Waals surface area (Å²) >= 11 is 6.00. The third kappa shape index (κ3) is 11.8. The number of aromatic amines is 2. The molecule has 2 saturated heterocycles. The fraction of sp³-hybridized carbons (Fsp3) is 0.290. The first-order valence-electron chi connectivity index (χ1n) is 26.5. The van der Waals surface area contributed by atoms with Gasteiger partial charge in [0, 0.05) is 36.4 Å². The van der Waals surface area contributed by atoms with Gasteiger partial charge in [0.25, 0.3) is 11.1 Å². The maximum atomic E-state index is 13.5. The van der Waals surface area contributed by atoms with Crippen LogP contribution in [0.15, 0.2) is 189 Å². The zero-order chi connectivity index (χ0) is 57.5. The maximum absolute atomic E-state index is 13.5. The van der Waals surface area contributed by atoms with E-state index in [9.17, 15) is 19.2 Å². The molecular weight excluding hydrogens is 1090 g/mol. The number of nitrogens with zero attached hydrogens (tertiary/aromatic N) is 2. The number of ether oxygens (including phenoxy) is 8. The summed E-state index contributed by atoms with van der Waals surface area (Å²) in [5, 5.41) is 0. The van der Waals surface area contributed by atoms with E-state index in [1.807, 2.05) is 158 Å². The van der Waals surface area contributed by atoms with Crippen LogP contribution < -0.4 is 41.4 Å². The lowest BCUT2D eigenvalue weighted by Crippen LogP contribution is -2.41. The predicted molar refractivity (Wildman–Crippen MR) is 310 cm³/mol. The van der Waals surface area contributed by atoms with Crippen LogP contribution in [-0.4, -0.2) is 85.2 Å². The molecule has 0 aliphatic carbocycles. The molecule has 0 saturated carbocycles. The zero-order valence-corrected chi connectivity index (χ0v) is 47.6. The standard InChI is InChI=1S/C62H61N4O14PS/c1-39-35-65(59(69)63-57(39)67)55-33-51(79-61(41-13-9-7-10-14-41,43-17-25-47(71-3)26-18-43)44-19-27-48(72-4)28-20-44)53(77-55)37-75-81(82)76-38-54-52(34-56(78-54)66-36-40(2)58(68)64-60(66)70)80-62(42-15-11-8-12-16-42,45-21-29-49(73-5)30-22-45)46-23-31-50(74-6)32-24-46/h7-32,35-36,51-56H,33-34,37-38H2,1-6H3,(H-,63,64,67,68,69,70)/p+1/t51-,52-,53+,54+,55+,56+/m0/s1. The Balaban J connectivity index is 0.988. The van der Waals surface area contributed by atoms with Crippen LogP contribution in [0, 0.1) is 13.8 Å². The van der Waals surface area contributed by atoms with E-state index in [1.165, 1.54) is 21.5 Å². The molecule has 8 aromatic rings. The van der Waals surface area contributed by atoms with E-state index in [0.29, 0.717) is 34.1 Å². The minimum Gasteiger partial charge on any atom is -0.497 e. The van der Waals surface area contributed by atoms with Crippen LogP contribution in [0.2, 0.25) is 0 Å². The SMILES string of the molecule is COc1ccc(C(O[C@H]2C[C@H](n3cc(C)c(=O)[nH]c3=O)O[C@@H]2CO[P+](=S)OC[C@H]2O[C@@H](n3cc(C)c(=O)[nH]c3=O)C[C@@H]2OC(c2ccccc2)(c2ccc(OC)cc2)c2ccc(OC)cc2)(c2ccccc2)c2ccc(OC)cc2)cc1. The summed E-state index contributed by atoms with van der Waals surface area (Å²) in [6, 6.07) is 50.0. The van der Waals surface area contributed by atoms with Crippen LogP contribution in [0.25, 0.3) is 0 Å². The lowest BCUT2D eigenvalue weighted by molar-refractivity contribution is -0.101. The number of aromatic nitrogens is 4. The normalized spacial score (nSPS) is 19.0. The van der Waals surface area contributed by atoms with Gasteiger partial charge in [0.1, 0.15) is 72.1 Å². The van der Waals surface area contributed by atoms with Gasteiger partial charge in [0.05, 0.1) is 40.6 Å². The van der Waals surface area contributed by atoms with Crippen LogP contribution >= 0.6 is 7.15 Å². The minimum absolute atomic E-state index is 0.141. The number of aryl methyl sites for hydroxylation is 2. The highest BCUT2D eigenvalue weighted by Crippen LogP contribution is 2.48. The molecule has 0 radical (unpaired) electrons. The molecule has 2 aliphatic rings. The van der Waals surface area contributed by atoms with Crippen molar-refractivity contribution in [1.29, 1.82) is 0 Å². The summed E-state index contributed by atoms with van der Waals surface area (Å²) in [5.74, 6) is 2.57. The second-order valence-electron chi connectivity index (χ2n) is 19.8. The number of hydrogen-bond donors (Lipinski definition) is 2. The molecule has 0 amide bonds. The Morgan fingerprint density at radius 2 is 0.768 bits per heavy atom. The second-order valence-corrected chi connectivity index (χ2v) is 21.7. The van der Waals surface area contributed by atoms with Crippen molar-refractivity contribution in [2.24, 2.45) is 0 Å². The van der Waals surface area contributed by atoms with E-state index in [-0.39, 0.29) is 26.1 Å². The molecule has 10 rings (SSSR count). The lowest BCUT2D eigenvalue weighted by Gasteiger charge is -2.39. The molecule has 2 N–H and O–H groups in total. The Hall–Kier alpha value is -7.84. The van der Waals surface area contributed by atoms with Crippen LogP contribution in [0.3, 0.4) is 0 Å². The molecule has 2 aliphatic heterocycles. The second kappa shape index (κ2) is 25.1. The highest BCUT2D eigenvalue weighted by Gasteiger charge is 2.49. The van der Waals surface area contributed by atoms with E-state index < -0.39 is 77.7 Å². The van der Waals surface area contributed by atoms with E-state index in [0.717, 1.165) is 33.4 Å². The molecule has 0 unspecified atom stereocenters. The average Bonchev–Trinajstić information content (AvgIpc) is 4.28. The first-order chi connectivity index (χ1) is 39.8. The highest BCUT2D eigenvalue weighted by atomic mass is 32.4. The summed E-state index contributed by atoms with van der Waals surface area (Å²) in [6.07, 6.45) is -1.96. The highest BCUT2D eigenvalue weighted by molar-refractivity contribution is 8.00. The zero-order valence-electron chi connectivity index (χ0n) is 45.9. The molecule has 82 heavy (non-hydrogen) atoms. The molecular formula is C62H62N4O14PS+. The van der Waals surface area contributed by atoms with Gasteiger partial charge in [-0.3, -0.25) is 28.7 Å². The molecule has 424 valence electrons. The number of hydrogen-bond acceptors (Lipinski definition) is 15. The van der Waals surface area contributed by atoms with Gasteiger partial charge in [-0.15, -0.1) is 9.05 Å². The van der Waals surface area contributed by atoms with Crippen LogP contribution in [-0.2, 0) is 51.0 Å². The quantitative estimate of drug-likeness (QED) is 0.0481. The Morgan fingerprint density at radius 3 is 1.06 bits per heavy atom. The molecule has 2 aromatic heterocycles. The first kappa shape index (κ1) is 57.4. The van der Waals surface area contributed by atoms with E-state index in [1.54, 1.807) is 42.3 Å². The third-order valence-corrected chi connectivity index (χ3v) is 16.3. The first-order valence-corrected chi connectivity index (χ1v) is 28.7. The Kier molecular flexibility index (Phi) is 17.6. The van der Waals surface area contributed by atoms with Gasteiger partial charge in [-0.2, -0.15) is 0 Å². The predicted octanol–water partition coefficient (Wildman–Crippen LogP) is 8.87. The van der Waals surface area contributed by atoms with Crippen molar-refractivity contribution in [3.8, 4) is 23.0 Å². The number of H-pyrrole nitrogens is 2. The van der Waals surface area contributed by atoms with E-state index in [2.05, 4.69) is 9.97 Å². The van der Waals surface area contributed by atoms with E-state index >= 15 is 0 Å². The average molecular weight is 1150 g/mol. The fourth-order valence-electron chi connectivity index (χ4n) is 10.7. The summed E-state index contributed by atoms with van der Waals surface area (Å²) in [5.41, 5.74) is 0.324. The van der Waals surface area contributed by atoms with Gasteiger partial charge >= 0.3 is 18.5 Å². The Bertz CT molecular complexity index is 3390. The minimum atomic E-state index is -2.15. The molecule has 18 nitrogen and oxygen atoms in total. The third-order valence-electron chi connectivity index (χ3n) is 15.0. The van der Waals surface area contributed by atoms with Crippen molar-refractivity contribution in [3.05, 3.63) is 256 Å². The number of rotatable bonds is 22. The topological polar surface area (TPSA) is 202 Å². The number of methoxy groups -OCH3 is 4. The summed E-state index contributed by atoms with van der Waals surface area (Å²) in [6.45, 7) is 2.91. The van der Waals surface area contributed by atoms with E-state index in [4.69, 9.17) is 58.7 Å². The monoisotopic (exact) mass is 1150 g/mol. The maximum Gasteiger partial charge on any atom is 0.521 e. The molecule has 0 bridgehead atoms. The van der Waals surface area contributed by atoms with Gasteiger partial charge in [-0.1, -0.05) is 109 Å². The van der Waals surface area contributed by atoms with Crippen molar-refractivity contribution in [2.75, 3.05) is 41.7 Å². The van der Waals surface area contributed by atoms with Gasteiger partial charge in [0.15, 0.2) is 0 Å². The lowest BCUT2D eigenvalue weighted by atomic mass is 9.79. The van der Waals surface area contributed by atoms with Crippen LogP contribution in [0.1, 0.15) is 69.8 Å². The summed E-state index contributed by atoms with van der Waals surface area (Å²) in [4.78, 5) is 57.2. The largest absolute Gasteiger partial charge is 0.521 e. The smallest absolute Gasteiger partial charge is 0.497 e. The molecule has 6 aromatic carbocycles. The molecule has 4 heterocycles. The van der Waals surface area contributed by atoms with Gasteiger partial charge in [-0.25, -0.2) is 9.59 Å². The van der Waals surface area contributed by atoms with Gasteiger partial charge < -0.3 is 37.9 Å². The van der Waals surface area contributed by atoms with Crippen molar-refractivity contribution in [1.82, 2.24) is 19.1 Å². The molecule has 6 atom stereocenters. The Morgan fingerprint density at radius 1 is 0.476 bits per heavy atom. The van der Waals surface area contributed by atoms with Crippen molar-refractivity contribution >= 4 is 19.0 Å². The number of nitrogens with one attached hydrogen (secondary N) is 2. The Labute approximate surface area is 478 Å². The summed E-state index contributed by atoms with van der Waals surface area (Å²) in [7, 11) is 4.26. The number of benzene rings is 6. The van der Waals surface area contributed by atoms with Crippen molar-refractivity contribution in [3.63, 3.8) is 0 Å². The van der Waals surface area contributed by atoms with Crippen LogP contribution in [0.4, 0.5) is 0 Å².